The van der Waals surface area contributed by atoms with E-state index < -0.39 is 0 Å². The summed E-state index contributed by atoms with van der Waals surface area (Å²) in [5.74, 6) is 0.545. The molecule has 3 rings (SSSR count). The molecule has 1 fully saturated rings. The molecule has 2 N–H and O–H groups in total. The van der Waals surface area contributed by atoms with Gasteiger partial charge in [0.25, 0.3) is 0 Å². The van der Waals surface area contributed by atoms with E-state index in [1.807, 2.05) is 23.6 Å². The number of anilines is 1. The van der Waals surface area contributed by atoms with Crippen LogP contribution in [0.5, 0.6) is 0 Å². The Kier molecular flexibility index (Phi) is 3.38. The second kappa shape index (κ2) is 5.17. The summed E-state index contributed by atoms with van der Waals surface area (Å²) >= 11 is 0. The molecule has 0 radical (unpaired) electrons. The molecule has 2 aromatic heterocycles. The number of aryl methyl sites for hydroxylation is 2. The van der Waals surface area contributed by atoms with E-state index in [2.05, 4.69) is 9.97 Å². The molecule has 0 saturated carbocycles. The summed E-state index contributed by atoms with van der Waals surface area (Å²) in [6.45, 7) is 3.70. The summed E-state index contributed by atoms with van der Waals surface area (Å²) in [5.41, 5.74) is 8.73. The van der Waals surface area contributed by atoms with Gasteiger partial charge in [0.05, 0.1) is 6.10 Å². The third-order valence-corrected chi connectivity index (χ3v) is 3.71. The van der Waals surface area contributed by atoms with Crippen LogP contribution in [0.4, 0.5) is 5.95 Å². The predicted molar refractivity (Wildman–Crippen MR) is 74.9 cm³/mol. The lowest BCUT2D eigenvalue weighted by Crippen LogP contribution is -2.21. The standard InChI is InChI=1S/C14H20N4O/c1-10-5-6-12-13(16-10)18(14(15)17-12)8-7-11-4-2-3-9-19-11/h5-6,11H,2-4,7-9H2,1H3,(H2,15,17). The minimum absolute atomic E-state index is 0.357. The molecule has 1 aliphatic rings. The molecule has 3 heterocycles. The first-order valence-corrected chi connectivity index (χ1v) is 6.95. The molecule has 0 aliphatic carbocycles. The SMILES string of the molecule is Cc1ccc2nc(N)n(CCC3CCCCO3)c2n1. The lowest BCUT2D eigenvalue weighted by molar-refractivity contribution is 0.00904. The van der Waals surface area contributed by atoms with Crippen LogP contribution in [-0.4, -0.2) is 27.2 Å². The quantitative estimate of drug-likeness (QED) is 0.919. The number of rotatable bonds is 3. The number of nitrogen functional groups attached to an aromatic ring is 1. The highest BCUT2D eigenvalue weighted by molar-refractivity contribution is 5.74. The summed E-state index contributed by atoms with van der Waals surface area (Å²) in [7, 11) is 0. The van der Waals surface area contributed by atoms with Crippen LogP contribution in [0.2, 0.25) is 0 Å². The molecule has 5 heteroatoms. The van der Waals surface area contributed by atoms with E-state index in [0.717, 1.165) is 42.9 Å². The highest BCUT2D eigenvalue weighted by atomic mass is 16.5. The van der Waals surface area contributed by atoms with Gasteiger partial charge in [0.15, 0.2) is 5.65 Å². The zero-order valence-corrected chi connectivity index (χ0v) is 11.3. The number of nitrogens with two attached hydrogens (primary N) is 1. The number of nitrogens with zero attached hydrogens (tertiary/aromatic N) is 3. The van der Waals surface area contributed by atoms with E-state index in [0.29, 0.717) is 12.1 Å². The third-order valence-electron chi connectivity index (χ3n) is 3.71. The zero-order valence-electron chi connectivity index (χ0n) is 11.3. The van der Waals surface area contributed by atoms with E-state index in [9.17, 15) is 0 Å². The van der Waals surface area contributed by atoms with Crippen molar-refractivity contribution in [2.45, 2.75) is 45.3 Å². The van der Waals surface area contributed by atoms with E-state index >= 15 is 0 Å². The second-order valence-corrected chi connectivity index (χ2v) is 5.19. The molecule has 102 valence electrons. The smallest absolute Gasteiger partial charge is 0.202 e. The maximum absolute atomic E-state index is 5.99. The number of hydrogen-bond acceptors (Lipinski definition) is 4. The van der Waals surface area contributed by atoms with Gasteiger partial charge in [-0.15, -0.1) is 0 Å². The molecule has 1 saturated heterocycles. The van der Waals surface area contributed by atoms with Crippen LogP contribution in [0.3, 0.4) is 0 Å². The van der Waals surface area contributed by atoms with Crippen molar-refractivity contribution in [1.29, 1.82) is 0 Å². The third kappa shape index (κ3) is 2.56. The van der Waals surface area contributed by atoms with Gasteiger partial charge in [-0.25, -0.2) is 9.97 Å². The van der Waals surface area contributed by atoms with Gasteiger partial charge in [0.1, 0.15) is 5.52 Å². The van der Waals surface area contributed by atoms with Crippen molar-refractivity contribution in [1.82, 2.24) is 14.5 Å². The van der Waals surface area contributed by atoms with Crippen LogP contribution in [0, 0.1) is 6.92 Å². The highest BCUT2D eigenvalue weighted by Gasteiger charge is 2.16. The molecule has 19 heavy (non-hydrogen) atoms. The fourth-order valence-electron chi connectivity index (χ4n) is 2.64. The average molecular weight is 260 g/mol. The fourth-order valence-corrected chi connectivity index (χ4v) is 2.64. The van der Waals surface area contributed by atoms with Crippen molar-refractivity contribution in [3.05, 3.63) is 17.8 Å². The van der Waals surface area contributed by atoms with Gasteiger partial charge in [-0.1, -0.05) is 0 Å². The van der Waals surface area contributed by atoms with Crippen molar-refractivity contribution >= 4 is 17.1 Å². The number of pyridine rings is 1. The van der Waals surface area contributed by atoms with Crippen LogP contribution >= 0.6 is 0 Å². The number of ether oxygens (including phenoxy) is 1. The maximum atomic E-state index is 5.99. The predicted octanol–water partition coefficient (Wildman–Crippen LogP) is 2.28. The number of imidazole rings is 1. The normalized spacial score (nSPS) is 19.9. The Morgan fingerprint density at radius 2 is 2.26 bits per heavy atom. The minimum Gasteiger partial charge on any atom is -0.378 e. The zero-order chi connectivity index (χ0) is 13.2. The molecule has 5 nitrogen and oxygen atoms in total. The van der Waals surface area contributed by atoms with Gasteiger partial charge in [-0.3, -0.25) is 4.57 Å². The average Bonchev–Trinajstić information content (AvgIpc) is 2.73. The molecule has 1 aliphatic heterocycles. The topological polar surface area (TPSA) is 66.0 Å². The minimum atomic E-state index is 0.357. The van der Waals surface area contributed by atoms with Gasteiger partial charge in [-0.05, 0) is 44.7 Å². The van der Waals surface area contributed by atoms with E-state index in [-0.39, 0.29) is 0 Å². The molecule has 2 aromatic rings. The van der Waals surface area contributed by atoms with Crippen LogP contribution in [0.25, 0.3) is 11.2 Å². The number of aromatic nitrogens is 3. The first-order chi connectivity index (χ1) is 9.24. The summed E-state index contributed by atoms with van der Waals surface area (Å²) in [5, 5.41) is 0. The summed E-state index contributed by atoms with van der Waals surface area (Å²) in [6.07, 6.45) is 4.94. The largest absolute Gasteiger partial charge is 0.378 e. The molecule has 0 bridgehead atoms. The second-order valence-electron chi connectivity index (χ2n) is 5.19. The molecular formula is C14H20N4O. The Hall–Kier alpha value is -1.62. The van der Waals surface area contributed by atoms with Crippen molar-refractivity contribution in [2.24, 2.45) is 0 Å². The van der Waals surface area contributed by atoms with Gasteiger partial charge in [0.2, 0.25) is 5.95 Å². The molecular weight excluding hydrogens is 240 g/mol. The molecule has 0 aromatic carbocycles. The maximum Gasteiger partial charge on any atom is 0.202 e. The monoisotopic (exact) mass is 260 g/mol. The Balaban J connectivity index is 1.79. The number of hydrogen-bond donors (Lipinski definition) is 1. The summed E-state index contributed by atoms with van der Waals surface area (Å²) < 4.78 is 7.76. The van der Waals surface area contributed by atoms with Crippen molar-refractivity contribution in [3.8, 4) is 0 Å². The van der Waals surface area contributed by atoms with Crippen molar-refractivity contribution in [3.63, 3.8) is 0 Å². The summed E-state index contributed by atoms with van der Waals surface area (Å²) in [4.78, 5) is 8.90. The summed E-state index contributed by atoms with van der Waals surface area (Å²) in [6, 6.07) is 3.94. The Labute approximate surface area is 112 Å². The van der Waals surface area contributed by atoms with Gasteiger partial charge in [-0.2, -0.15) is 0 Å². The van der Waals surface area contributed by atoms with E-state index in [4.69, 9.17) is 10.5 Å². The Morgan fingerprint density at radius 1 is 1.37 bits per heavy atom. The van der Waals surface area contributed by atoms with Gasteiger partial charge in [0, 0.05) is 18.8 Å². The highest BCUT2D eigenvalue weighted by Crippen LogP contribution is 2.20. The Bertz CT molecular complexity index is 572. The first-order valence-electron chi connectivity index (χ1n) is 6.95. The molecule has 0 spiro atoms. The van der Waals surface area contributed by atoms with Crippen LogP contribution in [0.1, 0.15) is 31.4 Å². The van der Waals surface area contributed by atoms with Gasteiger partial charge < -0.3 is 10.5 Å². The lowest BCUT2D eigenvalue weighted by Gasteiger charge is -2.22. The number of fused-ring (bicyclic) bond motifs is 1. The molecule has 0 amide bonds. The van der Waals surface area contributed by atoms with E-state index in [1.54, 1.807) is 0 Å². The van der Waals surface area contributed by atoms with Crippen LogP contribution in [0.15, 0.2) is 12.1 Å². The Morgan fingerprint density at radius 3 is 3.05 bits per heavy atom. The first kappa shape index (κ1) is 12.4. The molecule has 1 atom stereocenters. The van der Waals surface area contributed by atoms with E-state index in [1.165, 1.54) is 12.8 Å². The van der Waals surface area contributed by atoms with Crippen LogP contribution in [-0.2, 0) is 11.3 Å². The molecule has 1 unspecified atom stereocenters. The van der Waals surface area contributed by atoms with Crippen LogP contribution < -0.4 is 5.73 Å². The van der Waals surface area contributed by atoms with Gasteiger partial charge >= 0.3 is 0 Å². The lowest BCUT2D eigenvalue weighted by atomic mass is 10.1. The van der Waals surface area contributed by atoms with Crippen molar-refractivity contribution < 1.29 is 4.74 Å². The van der Waals surface area contributed by atoms with Crippen molar-refractivity contribution in [2.75, 3.05) is 12.3 Å². The fraction of sp³-hybridized carbons (Fsp3) is 0.571.